The summed E-state index contributed by atoms with van der Waals surface area (Å²) >= 11 is 3.08. The van der Waals surface area contributed by atoms with E-state index in [1.54, 1.807) is 24.5 Å². The van der Waals surface area contributed by atoms with Crippen molar-refractivity contribution in [1.82, 2.24) is 4.57 Å². The molecule has 1 aromatic carbocycles. The van der Waals surface area contributed by atoms with Crippen LogP contribution >= 0.6 is 22.7 Å². The number of carbonyl (C=O) groups is 1. The van der Waals surface area contributed by atoms with Crippen LogP contribution in [0, 0.1) is 0 Å². The number of fused-ring (bicyclic) bond motifs is 1. The molecule has 0 spiro atoms. The summed E-state index contributed by atoms with van der Waals surface area (Å²) in [5, 5.41) is 1.98. The lowest BCUT2D eigenvalue weighted by molar-refractivity contribution is -0.113. The lowest BCUT2D eigenvalue weighted by Crippen LogP contribution is -2.15. The highest BCUT2D eigenvalue weighted by atomic mass is 32.1. The van der Waals surface area contributed by atoms with Gasteiger partial charge in [-0.3, -0.25) is 4.79 Å². The molecule has 3 aromatic rings. The van der Waals surface area contributed by atoms with E-state index in [1.165, 1.54) is 17.4 Å². The largest absolute Gasteiger partial charge is 0.495 e. The summed E-state index contributed by atoms with van der Waals surface area (Å²) in [6, 6.07) is 9.80. The minimum atomic E-state index is -0.258. The van der Waals surface area contributed by atoms with E-state index in [1.807, 2.05) is 47.2 Å². The van der Waals surface area contributed by atoms with Crippen LogP contribution in [0.25, 0.3) is 16.3 Å². The molecule has 0 N–H and O–H groups in total. The number of hydrogen-bond donors (Lipinski definition) is 0. The van der Waals surface area contributed by atoms with Gasteiger partial charge in [0.15, 0.2) is 4.80 Å². The van der Waals surface area contributed by atoms with E-state index in [4.69, 9.17) is 4.74 Å². The molecule has 0 bridgehead atoms. The molecule has 3 rings (SSSR count). The van der Waals surface area contributed by atoms with Crippen LogP contribution in [0.3, 0.4) is 0 Å². The van der Waals surface area contributed by atoms with E-state index in [0.717, 1.165) is 27.4 Å². The summed E-state index contributed by atoms with van der Waals surface area (Å²) in [5.74, 6) is 0.537. The maximum absolute atomic E-state index is 12.1. The number of para-hydroxylation sites is 1. The van der Waals surface area contributed by atoms with E-state index in [-0.39, 0.29) is 5.91 Å². The first-order chi connectivity index (χ1) is 11.2. The van der Waals surface area contributed by atoms with Gasteiger partial charge in [-0.2, -0.15) is 4.99 Å². The second-order valence-corrected chi connectivity index (χ2v) is 6.72. The Balaban J connectivity index is 2.03. The van der Waals surface area contributed by atoms with Crippen molar-refractivity contribution in [2.75, 3.05) is 7.11 Å². The van der Waals surface area contributed by atoms with Gasteiger partial charge in [0.1, 0.15) is 11.3 Å². The molecule has 23 heavy (non-hydrogen) atoms. The van der Waals surface area contributed by atoms with Gasteiger partial charge in [-0.05, 0) is 36.6 Å². The molecule has 0 aliphatic heterocycles. The van der Waals surface area contributed by atoms with Crippen LogP contribution < -0.4 is 9.54 Å². The Kier molecular flexibility index (Phi) is 4.73. The Hall–Kier alpha value is -2.18. The number of hydrogen-bond acceptors (Lipinski definition) is 4. The number of amides is 1. The second-order valence-electron chi connectivity index (χ2n) is 4.73. The van der Waals surface area contributed by atoms with Gasteiger partial charge in [0.2, 0.25) is 0 Å². The summed E-state index contributed by atoms with van der Waals surface area (Å²) in [6.45, 7) is 2.75. The number of aromatic nitrogens is 1. The molecule has 2 heterocycles. The molecule has 0 aliphatic carbocycles. The number of ether oxygens (including phenoxy) is 1. The van der Waals surface area contributed by atoms with E-state index in [2.05, 4.69) is 4.99 Å². The molecule has 0 unspecified atom stereocenters. The number of thiazole rings is 1. The molecule has 118 valence electrons. The first-order valence-electron chi connectivity index (χ1n) is 7.19. The van der Waals surface area contributed by atoms with Gasteiger partial charge >= 0.3 is 0 Å². The summed E-state index contributed by atoms with van der Waals surface area (Å²) in [5.41, 5.74) is 0.983. The first kappa shape index (κ1) is 15.7. The number of methoxy groups -OCH3 is 1. The lowest BCUT2D eigenvalue weighted by Gasteiger charge is -2.05. The molecule has 4 nitrogen and oxygen atoms in total. The zero-order chi connectivity index (χ0) is 16.2. The molecule has 0 saturated carbocycles. The fourth-order valence-corrected chi connectivity index (χ4v) is 4.05. The van der Waals surface area contributed by atoms with E-state index in [0.29, 0.717) is 4.80 Å². The summed E-state index contributed by atoms with van der Waals surface area (Å²) in [6.07, 6.45) is 3.30. The van der Waals surface area contributed by atoms with Crippen LogP contribution in [0.5, 0.6) is 5.75 Å². The van der Waals surface area contributed by atoms with Crippen LogP contribution in [-0.4, -0.2) is 17.6 Å². The van der Waals surface area contributed by atoms with Crippen LogP contribution in [0.1, 0.15) is 11.8 Å². The van der Waals surface area contributed by atoms with Crippen molar-refractivity contribution in [2.24, 2.45) is 4.99 Å². The average molecular weight is 344 g/mol. The Morgan fingerprint density at radius 2 is 2.22 bits per heavy atom. The highest BCUT2D eigenvalue weighted by Gasteiger charge is 2.10. The third-order valence-electron chi connectivity index (χ3n) is 3.34. The first-order valence-corrected chi connectivity index (χ1v) is 8.89. The normalized spacial score (nSPS) is 12.3. The van der Waals surface area contributed by atoms with Crippen LogP contribution in [0.15, 0.2) is 46.8 Å². The highest BCUT2D eigenvalue weighted by molar-refractivity contribution is 7.16. The Morgan fingerprint density at radius 3 is 2.91 bits per heavy atom. The van der Waals surface area contributed by atoms with Crippen LogP contribution in [-0.2, 0) is 11.3 Å². The Morgan fingerprint density at radius 1 is 1.35 bits per heavy atom. The Bertz CT molecular complexity index is 918. The quantitative estimate of drug-likeness (QED) is 0.673. The number of aryl methyl sites for hydroxylation is 1. The standard InChI is InChI=1S/C17H16N2O2S2/c1-3-19-16-13(21-2)7-4-8-14(16)23-17(19)18-15(20)10-9-12-6-5-11-22-12/h4-11H,3H2,1-2H3/b10-9+,18-17?. The molecule has 0 radical (unpaired) electrons. The smallest absolute Gasteiger partial charge is 0.272 e. The maximum Gasteiger partial charge on any atom is 0.272 e. The predicted molar refractivity (Wildman–Crippen MR) is 96.0 cm³/mol. The third-order valence-corrected chi connectivity index (χ3v) is 5.22. The van der Waals surface area contributed by atoms with Gasteiger partial charge in [0.05, 0.1) is 11.8 Å². The fourth-order valence-electron chi connectivity index (χ4n) is 2.31. The second kappa shape index (κ2) is 6.93. The van der Waals surface area contributed by atoms with Gasteiger partial charge in [0.25, 0.3) is 5.91 Å². The topological polar surface area (TPSA) is 43.6 Å². The molecular weight excluding hydrogens is 328 g/mol. The summed E-state index contributed by atoms with van der Waals surface area (Å²) in [4.78, 5) is 18.1. The molecule has 0 atom stereocenters. The van der Waals surface area contributed by atoms with Crippen molar-refractivity contribution in [1.29, 1.82) is 0 Å². The van der Waals surface area contributed by atoms with Gasteiger partial charge in [-0.15, -0.1) is 11.3 Å². The predicted octanol–water partition coefficient (Wildman–Crippen LogP) is 3.93. The number of carbonyl (C=O) groups excluding carboxylic acids is 1. The van der Waals surface area contributed by atoms with Crippen molar-refractivity contribution < 1.29 is 9.53 Å². The van der Waals surface area contributed by atoms with Crippen molar-refractivity contribution in [3.8, 4) is 5.75 Å². The van der Waals surface area contributed by atoms with Gasteiger partial charge in [-0.25, -0.2) is 0 Å². The van der Waals surface area contributed by atoms with Gasteiger partial charge in [-0.1, -0.05) is 23.5 Å². The van der Waals surface area contributed by atoms with E-state index >= 15 is 0 Å². The number of nitrogens with zero attached hydrogens (tertiary/aromatic N) is 2. The zero-order valence-electron chi connectivity index (χ0n) is 12.9. The minimum Gasteiger partial charge on any atom is -0.495 e. The maximum atomic E-state index is 12.1. The summed E-state index contributed by atoms with van der Waals surface area (Å²) < 4.78 is 8.50. The fraction of sp³-hybridized carbons (Fsp3) is 0.176. The molecular formula is C17H16N2O2S2. The molecule has 0 fully saturated rings. The number of benzene rings is 1. The zero-order valence-corrected chi connectivity index (χ0v) is 14.5. The van der Waals surface area contributed by atoms with Gasteiger partial charge < -0.3 is 9.30 Å². The molecule has 1 amide bonds. The van der Waals surface area contributed by atoms with Crippen LogP contribution in [0.4, 0.5) is 0 Å². The molecule has 6 heteroatoms. The monoisotopic (exact) mass is 344 g/mol. The SMILES string of the molecule is CCn1c(=NC(=O)/C=C/c2cccs2)sc2cccc(OC)c21. The minimum absolute atomic E-state index is 0.258. The highest BCUT2D eigenvalue weighted by Crippen LogP contribution is 2.27. The summed E-state index contributed by atoms with van der Waals surface area (Å²) in [7, 11) is 1.65. The lowest BCUT2D eigenvalue weighted by atomic mass is 10.3. The number of thiophene rings is 1. The molecule has 0 aliphatic rings. The third kappa shape index (κ3) is 3.28. The molecule has 2 aromatic heterocycles. The van der Waals surface area contributed by atoms with Crippen molar-refractivity contribution in [2.45, 2.75) is 13.5 Å². The van der Waals surface area contributed by atoms with Gasteiger partial charge in [0, 0.05) is 17.5 Å². The average Bonchev–Trinajstić information content (AvgIpc) is 3.19. The molecule has 0 saturated heterocycles. The van der Waals surface area contributed by atoms with E-state index < -0.39 is 0 Å². The van der Waals surface area contributed by atoms with Crippen molar-refractivity contribution >= 4 is 44.9 Å². The van der Waals surface area contributed by atoms with Crippen molar-refractivity contribution in [3.63, 3.8) is 0 Å². The van der Waals surface area contributed by atoms with E-state index in [9.17, 15) is 4.79 Å². The van der Waals surface area contributed by atoms with Crippen LogP contribution in [0.2, 0.25) is 0 Å². The number of rotatable bonds is 4. The van der Waals surface area contributed by atoms with Crippen molar-refractivity contribution in [3.05, 3.63) is 51.5 Å². The Labute approximate surface area is 142 Å².